The second-order valence-corrected chi connectivity index (χ2v) is 4.77. The molecule has 0 saturated heterocycles. The van der Waals surface area contributed by atoms with Gasteiger partial charge in [-0.15, -0.1) is 0 Å². The van der Waals surface area contributed by atoms with Gasteiger partial charge in [-0.3, -0.25) is 5.43 Å². The van der Waals surface area contributed by atoms with E-state index in [1.54, 1.807) is 0 Å². The Labute approximate surface area is 104 Å². The fourth-order valence-electron chi connectivity index (χ4n) is 2.07. The van der Waals surface area contributed by atoms with E-state index in [1.165, 1.54) is 19.3 Å². The monoisotopic (exact) mass is 239 g/mol. The molecular formula is C13H25N3O. The molecule has 1 fully saturated rings. The molecule has 1 saturated carbocycles. The van der Waals surface area contributed by atoms with Crippen molar-refractivity contribution in [1.82, 2.24) is 16.2 Å². The highest BCUT2D eigenvalue weighted by Crippen LogP contribution is 2.16. The van der Waals surface area contributed by atoms with E-state index in [0.717, 1.165) is 37.8 Å². The topological polar surface area (TPSA) is 53.2 Å². The minimum Gasteiger partial charge on any atom is -0.334 e. The number of unbranched alkanes of at least 4 members (excludes halogenated alkanes) is 1. The van der Waals surface area contributed by atoms with Gasteiger partial charge in [-0.05, 0) is 25.7 Å². The third-order valence-electron chi connectivity index (χ3n) is 3.13. The van der Waals surface area contributed by atoms with Gasteiger partial charge in [0.05, 0.1) is 0 Å². The summed E-state index contributed by atoms with van der Waals surface area (Å²) in [6.07, 6.45) is 9.08. The lowest BCUT2D eigenvalue weighted by atomic mass is 9.96. The van der Waals surface area contributed by atoms with E-state index in [2.05, 4.69) is 29.7 Å². The van der Waals surface area contributed by atoms with E-state index in [9.17, 15) is 4.79 Å². The first-order valence-corrected chi connectivity index (χ1v) is 6.72. The van der Waals surface area contributed by atoms with E-state index in [4.69, 9.17) is 0 Å². The maximum Gasteiger partial charge on any atom is 0.333 e. The Morgan fingerprint density at radius 2 is 1.94 bits per heavy atom. The number of hydrogen-bond donors (Lipinski definition) is 3. The molecule has 17 heavy (non-hydrogen) atoms. The fraction of sp³-hybridized carbons (Fsp3) is 0.769. The van der Waals surface area contributed by atoms with Crippen molar-refractivity contribution in [2.75, 3.05) is 0 Å². The number of hydrazine groups is 1. The summed E-state index contributed by atoms with van der Waals surface area (Å²) in [6.45, 7) is 5.99. The van der Waals surface area contributed by atoms with Gasteiger partial charge in [-0.1, -0.05) is 39.2 Å². The molecular weight excluding hydrogens is 214 g/mol. The first-order chi connectivity index (χ1) is 8.22. The van der Waals surface area contributed by atoms with E-state index < -0.39 is 0 Å². The Bertz CT molecular complexity index is 247. The van der Waals surface area contributed by atoms with Crippen molar-refractivity contribution in [2.24, 2.45) is 0 Å². The fourth-order valence-corrected chi connectivity index (χ4v) is 2.07. The number of carbonyl (C=O) groups excluding carboxylic acids is 1. The Balaban J connectivity index is 2.09. The summed E-state index contributed by atoms with van der Waals surface area (Å²) in [5.41, 5.74) is 6.36. The van der Waals surface area contributed by atoms with Gasteiger partial charge in [0, 0.05) is 11.7 Å². The molecule has 2 amide bonds. The van der Waals surface area contributed by atoms with Crippen LogP contribution in [0.5, 0.6) is 0 Å². The van der Waals surface area contributed by atoms with E-state index in [1.807, 2.05) is 0 Å². The summed E-state index contributed by atoms with van der Waals surface area (Å²) in [5.74, 6) is 0. The van der Waals surface area contributed by atoms with Crippen LogP contribution in [0.3, 0.4) is 0 Å². The summed E-state index contributed by atoms with van der Waals surface area (Å²) in [5, 5.41) is 2.98. The van der Waals surface area contributed by atoms with Crippen molar-refractivity contribution in [1.29, 1.82) is 0 Å². The standard InChI is InChI=1S/C13H25N3O/c1-3-4-8-11(2)15-16-13(17)14-12-9-6-5-7-10-12/h12,15H,2-10H2,1H3,(H2,14,16,17). The molecule has 0 spiro atoms. The summed E-state index contributed by atoms with van der Waals surface area (Å²) in [4.78, 5) is 11.6. The van der Waals surface area contributed by atoms with Gasteiger partial charge in [0.2, 0.25) is 0 Å². The van der Waals surface area contributed by atoms with Crippen molar-refractivity contribution in [3.63, 3.8) is 0 Å². The largest absolute Gasteiger partial charge is 0.334 e. The van der Waals surface area contributed by atoms with Gasteiger partial charge in [-0.2, -0.15) is 0 Å². The lowest BCUT2D eigenvalue weighted by molar-refractivity contribution is 0.229. The smallest absolute Gasteiger partial charge is 0.333 e. The lowest BCUT2D eigenvalue weighted by Gasteiger charge is -2.23. The zero-order valence-corrected chi connectivity index (χ0v) is 10.8. The van der Waals surface area contributed by atoms with Crippen LogP contribution < -0.4 is 16.2 Å². The zero-order valence-electron chi connectivity index (χ0n) is 10.8. The van der Waals surface area contributed by atoms with Crippen molar-refractivity contribution < 1.29 is 4.79 Å². The van der Waals surface area contributed by atoms with E-state index in [0.29, 0.717) is 6.04 Å². The van der Waals surface area contributed by atoms with Gasteiger partial charge < -0.3 is 10.7 Å². The van der Waals surface area contributed by atoms with Crippen LogP contribution in [0.25, 0.3) is 0 Å². The van der Waals surface area contributed by atoms with Crippen LogP contribution in [-0.4, -0.2) is 12.1 Å². The lowest BCUT2D eigenvalue weighted by Crippen LogP contribution is -2.47. The van der Waals surface area contributed by atoms with Crippen molar-refractivity contribution in [2.45, 2.75) is 64.3 Å². The molecule has 0 aromatic rings. The second kappa shape index (κ2) is 7.98. The minimum absolute atomic E-state index is 0.144. The van der Waals surface area contributed by atoms with Gasteiger partial charge >= 0.3 is 6.03 Å². The number of urea groups is 1. The van der Waals surface area contributed by atoms with E-state index in [-0.39, 0.29) is 6.03 Å². The molecule has 1 aliphatic carbocycles. The highest BCUT2D eigenvalue weighted by Gasteiger charge is 2.15. The number of amides is 2. The number of nitrogens with one attached hydrogen (secondary N) is 3. The van der Waals surface area contributed by atoms with Crippen LogP contribution in [-0.2, 0) is 0 Å². The van der Waals surface area contributed by atoms with Crippen LogP contribution in [0.15, 0.2) is 12.3 Å². The Hall–Kier alpha value is -1.19. The molecule has 4 heteroatoms. The maximum absolute atomic E-state index is 11.6. The number of rotatable bonds is 6. The SMILES string of the molecule is C=C(CCCC)NNC(=O)NC1CCCCC1. The first-order valence-electron chi connectivity index (χ1n) is 6.72. The average molecular weight is 239 g/mol. The molecule has 98 valence electrons. The summed E-state index contributed by atoms with van der Waals surface area (Å²) in [7, 11) is 0. The minimum atomic E-state index is -0.144. The van der Waals surface area contributed by atoms with Crippen LogP contribution in [0, 0.1) is 0 Å². The first kappa shape index (κ1) is 13.9. The molecule has 3 N–H and O–H groups in total. The second-order valence-electron chi connectivity index (χ2n) is 4.77. The molecule has 0 heterocycles. The zero-order chi connectivity index (χ0) is 12.5. The van der Waals surface area contributed by atoms with Gasteiger partial charge in [0.15, 0.2) is 0 Å². The highest BCUT2D eigenvalue weighted by molar-refractivity contribution is 5.73. The van der Waals surface area contributed by atoms with Gasteiger partial charge in [0.25, 0.3) is 0 Å². The molecule has 4 nitrogen and oxygen atoms in total. The van der Waals surface area contributed by atoms with Crippen molar-refractivity contribution in [3.05, 3.63) is 12.3 Å². The summed E-state index contributed by atoms with van der Waals surface area (Å²) in [6, 6.07) is 0.198. The average Bonchev–Trinajstić information content (AvgIpc) is 2.35. The molecule has 0 unspecified atom stereocenters. The molecule has 0 atom stereocenters. The summed E-state index contributed by atoms with van der Waals surface area (Å²) >= 11 is 0. The quantitative estimate of drug-likeness (QED) is 0.624. The van der Waals surface area contributed by atoms with Crippen LogP contribution >= 0.6 is 0 Å². The predicted molar refractivity (Wildman–Crippen MR) is 70.3 cm³/mol. The van der Waals surface area contributed by atoms with Crippen LogP contribution in [0.2, 0.25) is 0 Å². The Morgan fingerprint density at radius 3 is 2.59 bits per heavy atom. The highest BCUT2D eigenvalue weighted by atomic mass is 16.2. The Kier molecular flexibility index (Phi) is 6.51. The maximum atomic E-state index is 11.6. The predicted octanol–water partition coefficient (Wildman–Crippen LogP) is 2.83. The van der Waals surface area contributed by atoms with Crippen molar-refractivity contribution in [3.8, 4) is 0 Å². The van der Waals surface area contributed by atoms with Crippen LogP contribution in [0.4, 0.5) is 4.79 Å². The molecule has 1 aliphatic rings. The molecule has 0 aliphatic heterocycles. The molecule has 1 rings (SSSR count). The molecule has 0 radical (unpaired) electrons. The third kappa shape index (κ3) is 6.19. The normalized spacial score (nSPS) is 16.3. The van der Waals surface area contributed by atoms with Gasteiger partial charge in [-0.25, -0.2) is 4.79 Å². The molecule has 0 aromatic carbocycles. The van der Waals surface area contributed by atoms with Crippen LogP contribution in [0.1, 0.15) is 58.3 Å². The summed E-state index contributed by atoms with van der Waals surface area (Å²) < 4.78 is 0. The van der Waals surface area contributed by atoms with Gasteiger partial charge in [0.1, 0.15) is 0 Å². The Morgan fingerprint density at radius 1 is 1.24 bits per heavy atom. The van der Waals surface area contributed by atoms with Crippen molar-refractivity contribution >= 4 is 6.03 Å². The number of hydrogen-bond acceptors (Lipinski definition) is 2. The van der Waals surface area contributed by atoms with E-state index >= 15 is 0 Å². The molecule has 0 bridgehead atoms. The molecule has 0 aromatic heterocycles. The number of carbonyl (C=O) groups is 1. The third-order valence-corrected chi connectivity index (χ3v) is 3.13. The number of allylic oxidation sites excluding steroid dienone is 1.